The Bertz CT molecular complexity index is 180. The van der Waals surface area contributed by atoms with Gasteiger partial charge in [-0.25, -0.2) is 0 Å². The Morgan fingerprint density at radius 2 is 2.18 bits per heavy atom. The first-order chi connectivity index (χ1) is 5.34. The van der Waals surface area contributed by atoms with Crippen LogP contribution in [0.15, 0.2) is 0 Å². The highest BCUT2D eigenvalue weighted by Gasteiger charge is 2.52. The van der Waals surface area contributed by atoms with Gasteiger partial charge in [-0.1, -0.05) is 0 Å². The maximum Gasteiger partial charge on any atom is 0.161 e. The lowest BCUT2D eigenvalue weighted by Crippen LogP contribution is -2.34. The fourth-order valence-electron chi connectivity index (χ4n) is 2.58. The van der Waals surface area contributed by atoms with E-state index in [1.54, 1.807) is 0 Å². The monoisotopic (exact) mass is 156 g/mol. The number of aliphatic hydroxyl groups is 1. The Hall–Kier alpha value is -0.120. The van der Waals surface area contributed by atoms with E-state index in [4.69, 9.17) is 9.47 Å². The summed E-state index contributed by atoms with van der Waals surface area (Å²) < 4.78 is 10.9. The number of rotatable bonds is 0. The van der Waals surface area contributed by atoms with Crippen molar-refractivity contribution in [2.45, 2.75) is 31.3 Å². The van der Waals surface area contributed by atoms with E-state index in [9.17, 15) is 5.11 Å². The van der Waals surface area contributed by atoms with Gasteiger partial charge in [0.2, 0.25) is 0 Å². The highest BCUT2D eigenvalue weighted by Crippen LogP contribution is 2.46. The predicted molar refractivity (Wildman–Crippen MR) is 36.8 cm³/mol. The zero-order valence-corrected chi connectivity index (χ0v) is 6.27. The molecular weight excluding hydrogens is 144 g/mol. The van der Waals surface area contributed by atoms with Crippen LogP contribution in [0.5, 0.6) is 0 Å². The van der Waals surface area contributed by atoms with Crippen molar-refractivity contribution in [2.24, 2.45) is 11.8 Å². The van der Waals surface area contributed by atoms with Crippen molar-refractivity contribution < 1.29 is 14.6 Å². The Morgan fingerprint density at radius 3 is 3.09 bits per heavy atom. The van der Waals surface area contributed by atoms with Gasteiger partial charge in [0.25, 0.3) is 0 Å². The second-order valence-electron chi connectivity index (χ2n) is 3.84. The van der Waals surface area contributed by atoms with Crippen LogP contribution in [0, 0.1) is 11.8 Å². The average molecular weight is 156 g/mol. The number of fused-ring (bicyclic) bond motifs is 1. The summed E-state index contributed by atoms with van der Waals surface area (Å²) in [6.45, 7) is 0.791. The smallest absolute Gasteiger partial charge is 0.161 e. The molecular formula is C8H12O3. The Morgan fingerprint density at radius 1 is 1.27 bits per heavy atom. The molecule has 1 aliphatic carbocycles. The molecule has 3 heteroatoms. The van der Waals surface area contributed by atoms with Crippen molar-refractivity contribution in [1.29, 1.82) is 0 Å². The Labute approximate surface area is 65.3 Å². The minimum atomic E-state index is -0.231. The first kappa shape index (κ1) is 6.40. The molecule has 1 saturated carbocycles. The Kier molecular flexibility index (Phi) is 1.15. The highest BCUT2D eigenvalue weighted by atomic mass is 16.7. The van der Waals surface area contributed by atoms with Gasteiger partial charge in [-0.3, -0.25) is 0 Å². The molecule has 5 atom stereocenters. The molecule has 11 heavy (non-hydrogen) atoms. The lowest BCUT2D eigenvalue weighted by atomic mass is 9.80. The van der Waals surface area contributed by atoms with Crippen molar-refractivity contribution in [1.82, 2.24) is 0 Å². The van der Waals surface area contributed by atoms with Gasteiger partial charge < -0.3 is 14.6 Å². The topological polar surface area (TPSA) is 38.7 Å². The zero-order chi connectivity index (χ0) is 7.42. The van der Waals surface area contributed by atoms with E-state index in [1.165, 1.54) is 0 Å². The van der Waals surface area contributed by atoms with Crippen LogP contribution < -0.4 is 0 Å². The van der Waals surface area contributed by atoms with Gasteiger partial charge in [0.1, 0.15) is 0 Å². The van der Waals surface area contributed by atoms with Crippen molar-refractivity contribution in [3.63, 3.8) is 0 Å². The van der Waals surface area contributed by atoms with E-state index in [1.807, 2.05) is 0 Å². The molecule has 3 nitrogen and oxygen atoms in total. The molecule has 62 valence electrons. The SMILES string of the molecule is OC1C[C@H]2CO[C@@H]3OC1CC23. The molecule has 1 N–H and O–H groups in total. The van der Waals surface area contributed by atoms with Crippen molar-refractivity contribution in [3.8, 4) is 0 Å². The summed E-state index contributed by atoms with van der Waals surface area (Å²) in [4.78, 5) is 0. The maximum atomic E-state index is 9.54. The van der Waals surface area contributed by atoms with Crippen LogP contribution in [-0.4, -0.2) is 30.2 Å². The van der Waals surface area contributed by atoms with Gasteiger partial charge in [0, 0.05) is 5.92 Å². The molecule has 3 rings (SSSR count). The van der Waals surface area contributed by atoms with Crippen LogP contribution in [0.4, 0.5) is 0 Å². The predicted octanol–water partition coefficient (Wildman–Crippen LogP) is 0.129. The second-order valence-corrected chi connectivity index (χ2v) is 3.84. The summed E-state index contributed by atoms with van der Waals surface area (Å²) in [5.74, 6) is 1.15. The first-order valence-corrected chi connectivity index (χ1v) is 4.30. The standard InChI is InChI=1S/C8H12O3/c9-6-1-4-3-10-8-5(4)2-7(6)11-8/h4-9H,1-3H2/t4-,5?,6?,7?,8+/m0/s1. The number of hydrogen-bond donors (Lipinski definition) is 1. The van der Waals surface area contributed by atoms with Crippen molar-refractivity contribution in [3.05, 3.63) is 0 Å². The highest BCUT2D eigenvalue weighted by molar-refractivity contribution is 4.96. The first-order valence-electron chi connectivity index (χ1n) is 4.30. The minimum absolute atomic E-state index is 0.0159. The third-order valence-electron chi connectivity index (χ3n) is 3.22. The number of aliphatic hydroxyl groups excluding tert-OH is 1. The van der Waals surface area contributed by atoms with E-state index in [0.29, 0.717) is 11.8 Å². The molecule has 0 spiro atoms. The fourth-order valence-corrected chi connectivity index (χ4v) is 2.58. The van der Waals surface area contributed by atoms with Gasteiger partial charge >= 0.3 is 0 Å². The van der Waals surface area contributed by atoms with Crippen LogP contribution in [0.2, 0.25) is 0 Å². The molecule has 2 aliphatic heterocycles. The molecule has 0 aromatic carbocycles. The van der Waals surface area contributed by atoms with E-state index in [-0.39, 0.29) is 18.5 Å². The van der Waals surface area contributed by atoms with Gasteiger partial charge in [-0.05, 0) is 18.8 Å². The maximum absolute atomic E-state index is 9.54. The second kappa shape index (κ2) is 1.97. The van der Waals surface area contributed by atoms with E-state index >= 15 is 0 Å². The average Bonchev–Trinajstić information content (AvgIpc) is 2.46. The summed E-state index contributed by atoms with van der Waals surface area (Å²) in [5.41, 5.74) is 0. The fraction of sp³-hybridized carbons (Fsp3) is 1.00. The molecule has 2 saturated heterocycles. The largest absolute Gasteiger partial charge is 0.390 e. The molecule has 3 unspecified atom stereocenters. The molecule has 0 aromatic rings. The normalized spacial score (nSPS) is 60.3. The van der Waals surface area contributed by atoms with Crippen molar-refractivity contribution in [2.75, 3.05) is 6.61 Å². The minimum Gasteiger partial charge on any atom is -0.390 e. The molecule has 0 aromatic heterocycles. The molecule has 3 fully saturated rings. The zero-order valence-electron chi connectivity index (χ0n) is 6.27. The van der Waals surface area contributed by atoms with Gasteiger partial charge in [0.15, 0.2) is 6.29 Å². The van der Waals surface area contributed by atoms with Crippen LogP contribution in [-0.2, 0) is 9.47 Å². The van der Waals surface area contributed by atoms with Gasteiger partial charge in [-0.15, -0.1) is 0 Å². The van der Waals surface area contributed by atoms with E-state index in [2.05, 4.69) is 0 Å². The molecule has 2 heterocycles. The van der Waals surface area contributed by atoms with Gasteiger partial charge in [0.05, 0.1) is 18.8 Å². The van der Waals surface area contributed by atoms with Crippen LogP contribution in [0.1, 0.15) is 12.8 Å². The summed E-state index contributed by atoms with van der Waals surface area (Å²) >= 11 is 0. The molecule has 2 bridgehead atoms. The van der Waals surface area contributed by atoms with Crippen molar-refractivity contribution >= 4 is 0 Å². The lowest BCUT2D eigenvalue weighted by molar-refractivity contribution is -0.146. The summed E-state index contributed by atoms with van der Waals surface area (Å²) in [7, 11) is 0. The van der Waals surface area contributed by atoms with Crippen LogP contribution in [0.25, 0.3) is 0 Å². The summed E-state index contributed by atoms with van der Waals surface area (Å²) in [5, 5.41) is 9.54. The van der Waals surface area contributed by atoms with E-state index in [0.717, 1.165) is 19.4 Å². The Balaban J connectivity index is 1.92. The molecule has 0 radical (unpaired) electrons. The lowest BCUT2D eigenvalue weighted by Gasteiger charge is -2.27. The summed E-state index contributed by atoms with van der Waals surface area (Å²) in [6, 6.07) is 0. The third kappa shape index (κ3) is 0.736. The number of ether oxygens (including phenoxy) is 2. The summed E-state index contributed by atoms with van der Waals surface area (Å²) in [6.07, 6.45) is 1.75. The van der Waals surface area contributed by atoms with E-state index < -0.39 is 0 Å². The third-order valence-corrected chi connectivity index (χ3v) is 3.22. The molecule has 3 aliphatic rings. The quantitative estimate of drug-likeness (QED) is 0.541. The van der Waals surface area contributed by atoms with Gasteiger partial charge in [-0.2, -0.15) is 0 Å². The molecule has 0 amide bonds. The van der Waals surface area contributed by atoms with Crippen LogP contribution in [0.3, 0.4) is 0 Å². The number of hydrogen-bond acceptors (Lipinski definition) is 3. The van der Waals surface area contributed by atoms with Crippen LogP contribution >= 0.6 is 0 Å².